The molecule has 138 valence electrons. The molecule has 2 heterocycles. The molecular weight excluding hydrogens is 356 g/mol. The molecule has 5 heteroatoms. The van der Waals surface area contributed by atoms with Crippen molar-refractivity contribution >= 4 is 33.4 Å². The lowest BCUT2D eigenvalue weighted by Crippen LogP contribution is -2.22. The number of fused-ring (bicyclic) bond motifs is 3. The van der Waals surface area contributed by atoms with Crippen molar-refractivity contribution in [3.63, 3.8) is 0 Å². The van der Waals surface area contributed by atoms with Gasteiger partial charge in [0.15, 0.2) is 4.96 Å². The second-order valence-electron chi connectivity index (χ2n) is 6.98. The van der Waals surface area contributed by atoms with Crippen LogP contribution in [0.1, 0.15) is 37.0 Å². The lowest BCUT2D eigenvalue weighted by Gasteiger charge is -2.12. The number of thiazole rings is 1. The van der Waals surface area contributed by atoms with Crippen LogP contribution in [0.4, 0.5) is 0 Å². The summed E-state index contributed by atoms with van der Waals surface area (Å²) in [4.78, 5) is 18.3. The van der Waals surface area contributed by atoms with E-state index < -0.39 is 0 Å². The van der Waals surface area contributed by atoms with Gasteiger partial charge in [-0.25, -0.2) is 9.38 Å². The van der Waals surface area contributed by atoms with Gasteiger partial charge in [-0.1, -0.05) is 30.4 Å². The smallest absolute Gasteiger partial charge is 0.274 e. The van der Waals surface area contributed by atoms with Crippen molar-refractivity contribution in [2.75, 3.05) is 0 Å². The van der Waals surface area contributed by atoms with Gasteiger partial charge in [-0.3, -0.25) is 4.79 Å². The third kappa shape index (κ3) is 3.23. The summed E-state index contributed by atoms with van der Waals surface area (Å²) in [5.74, 6) is 0.849. The maximum atomic E-state index is 12.9. The normalized spacial score (nSPS) is 13.6. The minimum atomic E-state index is -0.0133. The number of benzene rings is 2. The summed E-state index contributed by atoms with van der Waals surface area (Å²) in [6.45, 7) is 8.27. The highest BCUT2D eigenvalue weighted by Crippen LogP contribution is 2.21. The van der Waals surface area contributed by atoms with Gasteiger partial charge in [0.05, 0.1) is 21.7 Å². The molecule has 2 aromatic heterocycles. The topological polar surface area (TPSA) is 43.6 Å². The number of rotatable bonds is 4. The van der Waals surface area contributed by atoms with Crippen LogP contribution in [0.3, 0.4) is 0 Å². The molecule has 0 spiro atoms. The lowest BCUT2D eigenvalue weighted by molar-refractivity contribution is 0.217. The maximum absolute atomic E-state index is 12.9. The number of hydrogen-bond acceptors (Lipinski definition) is 4. The van der Waals surface area contributed by atoms with Crippen LogP contribution in [0, 0.1) is 13.8 Å². The molecule has 4 rings (SSSR count). The first-order valence-electron chi connectivity index (χ1n) is 9.17. The molecule has 2 aromatic carbocycles. The van der Waals surface area contributed by atoms with Gasteiger partial charge in [0.2, 0.25) is 0 Å². The average Bonchev–Trinajstić information content (AvgIpc) is 3.13. The van der Waals surface area contributed by atoms with Crippen LogP contribution in [0.2, 0.25) is 0 Å². The zero-order chi connectivity index (χ0) is 19.1. The number of ether oxygens (including phenoxy) is 1. The zero-order valence-corrected chi connectivity index (χ0v) is 16.8. The molecule has 0 unspecified atom stereocenters. The van der Waals surface area contributed by atoms with Gasteiger partial charge in [-0.15, -0.1) is 0 Å². The Morgan fingerprint density at radius 1 is 1.19 bits per heavy atom. The summed E-state index contributed by atoms with van der Waals surface area (Å²) >= 11 is 1.43. The van der Waals surface area contributed by atoms with Crippen molar-refractivity contribution in [2.45, 2.75) is 40.2 Å². The molecule has 4 aromatic rings. The molecule has 1 atom stereocenters. The van der Waals surface area contributed by atoms with Gasteiger partial charge >= 0.3 is 0 Å². The Hall–Kier alpha value is -2.66. The van der Waals surface area contributed by atoms with Crippen LogP contribution in [0.15, 0.2) is 41.2 Å². The molecular formula is C22H22N2O2S. The largest absolute Gasteiger partial charge is 0.491 e. The molecule has 27 heavy (non-hydrogen) atoms. The van der Waals surface area contributed by atoms with Crippen LogP contribution >= 0.6 is 11.3 Å². The molecule has 0 bridgehead atoms. The molecule has 0 saturated heterocycles. The van der Waals surface area contributed by atoms with Crippen molar-refractivity contribution in [1.29, 1.82) is 0 Å². The SMILES string of the molecule is CC[C@@H](C)Oc1ccc(/C=c2\sc3nc4cc(C)c(C)cc4n3c2=O)cc1. The Morgan fingerprint density at radius 2 is 1.89 bits per heavy atom. The summed E-state index contributed by atoms with van der Waals surface area (Å²) in [5, 5.41) is 0. The minimum absolute atomic E-state index is 0.0133. The first-order valence-corrected chi connectivity index (χ1v) is 9.98. The standard InChI is InChI=1S/C22H22N2O2S/c1-5-15(4)26-17-8-6-16(7-9-17)12-20-21(25)24-19-11-14(3)13(2)10-18(19)23-22(24)27-20/h6-12,15H,5H2,1-4H3/b20-12-/t15-/m1/s1. The van der Waals surface area contributed by atoms with E-state index in [-0.39, 0.29) is 11.7 Å². The highest BCUT2D eigenvalue weighted by atomic mass is 32.1. The Kier molecular flexibility index (Phi) is 4.48. The van der Waals surface area contributed by atoms with E-state index in [1.807, 2.05) is 42.5 Å². The fourth-order valence-electron chi connectivity index (χ4n) is 3.03. The van der Waals surface area contributed by atoms with Gasteiger partial charge in [-0.05, 0) is 74.2 Å². The Bertz CT molecular complexity index is 1240. The second kappa shape index (κ2) is 6.82. The first-order chi connectivity index (χ1) is 13.0. The van der Waals surface area contributed by atoms with E-state index in [0.717, 1.165) is 39.3 Å². The third-order valence-corrected chi connectivity index (χ3v) is 5.91. The Labute approximate surface area is 161 Å². The zero-order valence-electron chi connectivity index (χ0n) is 15.9. The fraction of sp³-hybridized carbons (Fsp3) is 0.273. The van der Waals surface area contributed by atoms with Gasteiger partial charge < -0.3 is 4.74 Å². The third-order valence-electron chi connectivity index (χ3n) is 4.94. The molecule has 0 aliphatic heterocycles. The van der Waals surface area contributed by atoms with Crippen molar-refractivity contribution in [3.8, 4) is 5.75 Å². The van der Waals surface area contributed by atoms with Crippen molar-refractivity contribution in [1.82, 2.24) is 9.38 Å². The maximum Gasteiger partial charge on any atom is 0.274 e. The quantitative estimate of drug-likeness (QED) is 0.533. The Morgan fingerprint density at radius 3 is 2.59 bits per heavy atom. The van der Waals surface area contributed by atoms with Crippen molar-refractivity contribution in [2.24, 2.45) is 0 Å². The summed E-state index contributed by atoms with van der Waals surface area (Å²) in [6, 6.07) is 11.9. The molecule has 0 aliphatic rings. The van der Waals surface area contributed by atoms with Crippen molar-refractivity contribution in [3.05, 3.63) is 68.0 Å². The molecule has 0 aliphatic carbocycles. The van der Waals surface area contributed by atoms with Crippen molar-refractivity contribution < 1.29 is 4.74 Å². The molecule has 0 fully saturated rings. The molecule has 0 radical (unpaired) electrons. The predicted molar refractivity (Wildman–Crippen MR) is 112 cm³/mol. The first kappa shape index (κ1) is 17.7. The number of aromatic nitrogens is 2. The summed E-state index contributed by atoms with van der Waals surface area (Å²) in [5.41, 5.74) is 5.07. The lowest BCUT2D eigenvalue weighted by atomic mass is 10.1. The van der Waals surface area contributed by atoms with Gasteiger partial charge in [0.1, 0.15) is 5.75 Å². The molecule has 0 amide bonds. The number of hydrogen-bond donors (Lipinski definition) is 0. The average molecular weight is 378 g/mol. The van der Waals surface area contributed by atoms with Crippen LogP contribution in [0.5, 0.6) is 5.75 Å². The summed E-state index contributed by atoms with van der Waals surface area (Å²) < 4.78 is 8.22. The second-order valence-corrected chi connectivity index (χ2v) is 7.99. The van der Waals surface area contributed by atoms with Crippen LogP contribution in [-0.2, 0) is 0 Å². The minimum Gasteiger partial charge on any atom is -0.491 e. The number of imidazole rings is 1. The van der Waals surface area contributed by atoms with E-state index in [1.54, 1.807) is 4.40 Å². The highest BCUT2D eigenvalue weighted by molar-refractivity contribution is 7.15. The monoisotopic (exact) mass is 378 g/mol. The van der Waals surface area contributed by atoms with Gasteiger partial charge in [-0.2, -0.15) is 0 Å². The molecule has 0 saturated carbocycles. The summed E-state index contributed by atoms with van der Waals surface area (Å²) in [7, 11) is 0. The highest BCUT2D eigenvalue weighted by Gasteiger charge is 2.12. The van der Waals surface area contributed by atoms with E-state index in [1.165, 1.54) is 16.9 Å². The van der Waals surface area contributed by atoms with Crippen LogP contribution in [0.25, 0.3) is 22.1 Å². The summed E-state index contributed by atoms with van der Waals surface area (Å²) in [6.07, 6.45) is 3.08. The van der Waals surface area contributed by atoms with E-state index in [0.29, 0.717) is 4.53 Å². The van der Waals surface area contributed by atoms with E-state index in [4.69, 9.17) is 4.74 Å². The van der Waals surface area contributed by atoms with Crippen LogP contribution < -0.4 is 14.8 Å². The van der Waals surface area contributed by atoms with Crippen LogP contribution in [-0.4, -0.2) is 15.5 Å². The van der Waals surface area contributed by atoms with E-state index >= 15 is 0 Å². The van der Waals surface area contributed by atoms with E-state index in [9.17, 15) is 4.79 Å². The number of aryl methyl sites for hydroxylation is 2. The Balaban J connectivity index is 1.76. The molecule has 0 N–H and O–H groups in total. The number of nitrogens with zero attached hydrogens (tertiary/aromatic N) is 2. The predicted octanol–water partition coefficient (Wildman–Crippen LogP) is 4.25. The van der Waals surface area contributed by atoms with Gasteiger partial charge in [0, 0.05) is 0 Å². The fourth-order valence-corrected chi connectivity index (χ4v) is 4.02. The van der Waals surface area contributed by atoms with Gasteiger partial charge in [0.25, 0.3) is 5.56 Å². The van der Waals surface area contributed by atoms with E-state index in [2.05, 4.69) is 32.7 Å². The molecule has 4 nitrogen and oxygen atoms in total.